The molecule has 2 aromatic heterocycles. The molecular formula is C19H22N4O5. The fourth-order valence-corrected chi connectivity index (χ4v) is 3.43. The van der Waals surface area contributed by atoms with Crippen molar-refractivity contribution in [2.75, 3.05) is 0 Å². The molecule has 2 aromatic rings. The number of carboxylic acids is 1. The molecule has 1 amide bonds. The van der Waals surface area contributed by atoms with Crippen molar-refractivity contribution in [3.05, 3.63) is 29.6 Å². The van der Waals surface area contributed by atoms with Gasteiger partial charge in [-0.1, -0.05) is 19.3 Å². The lowest BCUT2D eigenvalue weighted by Gasteiger charge is -2.28. The van der Waals surface area contributed by atoms with Crippen molar-refractivity contribution < 1.29 is 24.9 Å². The molecule has 0 radical (unpaired) electrons. The average molecular weight is 386 g/mol. The Bertz CT molecular complexity index is 896. The first kappa shape index (κ1) is 19.5. The number of carbonyl (C=O) groups is 2. The van der Waals surface area contributed by atoms with E-state index < -0.39 is 23.5 Å². The number of aromatic hydroxyl groups is 2. The Kier molecular flexibility index (Phi) is 5.72. The van der Waals surface area contributed by atoms with E-state index in [0.29, 0.717) is 5.92 Å². The maximum Gasteiger partial charge on any atom is 0.335 e. The van der Waals surface area contributed by atoms with Crippen LogP contribution >= 0.6 is 0 Å². The molecule has 3 rings (SSSR count). The molecule has 4 N–H and O–H groups in total. The number of hydrogen-bond acceptors (Lipinski definition) is 7. The summed E-state index contributed by atoms with van der Waals surface area (Å²) in [6.45, 7) is 1.91. The zero-order chi connectivity index (χ0) is 20.3. The van der Waals surface area contributed by atoms with E-state index in [9.17, 15) is 19.8 Å². The average Bonchev–Trinajstić information content (AvgIpc) is 2.70. The second-order valence-electron chi connectivity index (χ2n) is 6.96. The lowest BCUT2D eigenvalue weighted by molar-refractivity contribution is 0.0696. The van der Waals surface area contributed by atoms with Crippen LogP contribution < -0.4 is 5.32 Å². The summed E-state index contributed by atoms with van der Waals surface area (Å²) in [5, 5.41) is 31.9. The van der Waals surface area contributed by atoms with Gasteiger partial charge in [-0.3, -0.25) is 9.78 Å². The van der Waals surface area contributed by atoms with Gasteiger partial charge in [0, 0.05) is 12.2 Å². The van der Waals surface area contributed by atoms with Gasteiger partial charge in [0.25, 0.3) is 11.8 Å². The van der Waals surface area contributed by atoms with Crippen molar-refractivity contribution in [2.45, 2.75) is 45.1 Å². The van der Waals surface area contributed by atoms with Gasteiger partial charge in [-0.2, -0.15) is 4.98 Å². The summed E-state index contributed by atoms with van der Waals surface area (Å²) in [6.07, 6.45) is 6.76. The first-order valence-electron chi connectivity index (χ1n) is 9.17. The van der Waals surface area contributed by atoms with E-state index in [1.54, 1.807) is 0 Å². The molecule has 28 heavy (non-hydrogen) atoms. The summed E-state index contributed by atoms with van der Waals surface area (Å²) < 4.78 is 0. The maximum atomic E-state index is 12.6. The van der Waals surface area contributed by atoms with Crippen LogP contribution in [-0.4, -0.2) is 48.2 Å². The minimum atomic E-state index is -1.16. The highest BCUT2D eigenvalue weighted by atomic mass is 16.4. The molecule has 9 nitrogen and oxygen atoms in total. The van der Waals surface area contributed by atoms with Gasteiger partial charge in [0.05, 0.1) is 5.56 Å². The van der Waals surface area contributed by atoms with Gasteiger partial charge < -0.3 is 20.6 Å². The topological polar surface area (TPSA) is 146 Å². The van der Waals surface area contributed by atoms with Gasteiger partial charge in [-0.25, -0.2) is 9.78 Å². The number of aromatic carboxylic acids is 1. The summed E-state index contributed by atoms with van der Waals surface area (Å²) in [4.78, 5) is 35.5. The Morgan fingerprint density at radius 2 is 1.89 bits per heavy atom. The summed E-state index contributed by atoms with van der Waals surface area (Å²) in [5.74, 6) is -3.11. The van der Waals surface area contributed by atoms with E-state index in [-0.39, 0.29) is 28.8 Å². The Balaban J connectivity index is 1.88. The van der Waals surface area contributed by atoms with Crippen LogP contribution in [0.3, 0.4) is 0 Å². The quantitative estimate of drug-likeness (QED) is 0.612. The second kappa shape index (κ2) is 8.20. The SMILES string of the molecule is C[C@@H](NC(=O)c1nc(-c2cc(C(=O)O)ccn2)nc(O)c1O)C1CCCCC1. The van der Waals surface area contributed by atoms with Crippen LogP contribution in [0, 0.1) is 5.92 Å². The van der Waals surface area contributed by atoms with Crippen molar-refractivity contribution in [1.29, 1.82) is 0 Å². The van der Waals surface area contributed by atoms with E-state index in [2.05, 4.69) is 20.3 Å². The minimum Gasteiger partial charge on any atom is -0.501 e. The first-order valence-corrected chi connectivity index (χ1v) is 9.17. The highest BCUT2D eigenvalue weighted by Crippen LogP contribution is 2.30. The number of hydrogen-bond donors (Lipinski definition) is 4. The van der Waals surface area contributed by atoms with Crippen LogP contribution in [-0.2, 0) is 0 Å². The van der Waals surface area contributed by atoms with Crippen LogP contribution in [0.2, 0.25) is 0 Å². The van der Waals surface area contributed by atoms with E-state index in [1.165, 1.54) is 24.8 Å². The number of pyridine rings is 1. The predicted molar refractivity (Wildman–Crippen MR) is 99.1 cm³/mol. The molecule has 1 aliphatic carbocycles. The third-order valence-electron chi connectivity index (χ3n) is 5.03. The van der Waals surface area contributed by atoms with Crippen LogP contribution in [0.25, 0.3) is 11.5 Å². The Hall–Kier alpha value is -3.23. The predicted octanol–water partition coefficient (Wildman–Crippen LogP) is 2.35. The molecule has 0 unspecified atom stereocenters. The monoisotopic (exact) mass is 386 g/mol. The molecule has 0 aromatic carbocycles. The van der Waals surface area contributed by atoms with Gasteiger partial charge in [0.1, 0.15) is 5.69 Å². The third-order valence-corrected chi connectivity index (χ3v) is 5.03. The maximum absolute atomic E-state index is 12.6. The molecule has 1 aliphatic rings. The van der Waals surface area contributed by atoms with E-state index >= 15 is 0 Å². The van der Waals surface area contributed by atoms with Crippen LogP contribution in [0.1, 0.15) is 59.9 Å². The molecule has 0 aliphatic heterocycles. The number of nitrogens with zero attached hydrogens (tertiary/aromatic N) is 3. The third kappa shape index (κ3) is 4.19. The molecule has 2 heterocycles. The standard InChI is InChI=1S/C19H22N4O5/c1-10(11-5-3-2-4-6-11)21-17(25)14-15(24)18(26)23-16(22-14)13-9-12(19(27)28)7-8-20-13/h7-11,24H,2-6H2,1H3,(H,21,25)(H,27,28)(H,22,23,26)/t10-/m1/s1. The number of rotatable bonds is 5. The zero-order valence-corrected chi connectivity index (χ0v) is 15.4. The molecule has 148 valence electrons. The Morgan fingerprint density at radius 3 is 2.57 bits per heavy atom. The molecule has 0 spiro atoms. The van der Waals surface area contributed by atoms with Crippen LogP contribution in [0.15, 0.2) is 18.3 Å². The van der Waals surface area contributed by atoms with Crippen molar-refractivity contribution >= 4 is 11.9 Å². The van der Waals surface area contributed by atoms with Gasteiger partial charge in [-0.05, 0) is 37.8 Å². The van der Waals surface area contributed by atoms with E-state index in [1.807, 2.05) is 6.92 Å². The fourth-order valence-electron chi connectivity index (χ4n) is 3.43. The summed E-state index contributed by atoms with van der Waals surface area (Å²) in [5.41, 5.74) is -0.365. The molecule has 1 saturated carbocycles. The van der Waals surface area contributed by atoms with Gasteiger partial charge in [-0.15, -0.1) is 0 Å². The van der Waals surface area contributed by atoms with Crippen molar-refractivity contribution in [1.82, 2.24) is 20.3 Å². The highest BCUT2D eigenvalue weighted by molar-refractivity contribution is 5.96. The highest BCUT2D eigenvalue weighted by Gasteiger charge is 2.26. The normalized spacial score (nSPS) is 15.8. The molecule has 1 atom stereocenters. The smallest absolute Gasteiger partial charge is 0.335 e. The van der Waals surface area contributed by atoms with E-state index in [0.717, 1.165) is 25.7 Å². The number of nitrogens with one attached hydrogen (secondary N) is 1. The van der Waals surface area contributed by atoms with Crippen molar-refractivity contribution in [3.8, 4) is 23.1 Å². The van der Waals surface area contributed by atoms with Crippen LogP contribution in [0.5, 0.6) is 11.6 Å². The molecule has 0 saturated heterocycles. The lowest BCUT2D eigenvalue weighted by Crippen LogP contribution is -2.39. The Labute approximate surface area is 161 Å². The molecule has 0 bridgehead atoms. The zero-order valence-electron chi connectivity index (χ0n) is 15.4. The summed E-state index contributed by atoms with van der Waals surface area (Å²) in [6, 6.07) is 2.41. The number of aromatic nitrogens is 3. The number of carbonyl (C=O) groups excluding carboxylic acids is 1. The second-order valence-corrected chi connectivity index (χ2v) is 6.96. The number of amides is 1. The van der Waals surface area contributed by atoms with Crippen LogP contribution in [0.4, 0.5) is 0 Å². The minimum absolute atomic E-state index is 0.0434. The van der Waals surface area contributed by atoms with Crippen molar-refractivity contribution in [3.63, 3.8) is 0 Å². The first-order chi connectivity index (χ1) is 13.4. The number of carboxylic acid groups (broad SMARTS) is 1. The van der Waals surface area contributed by atoms with Gasteiger partial charge in [0.15, 0.2) is 11.5 Å². The molecule has 1 fully saturated rings. The molecular weight excluding hydrogens is 364 g/mol. The van der Waals surface area contributed by atoms with E-state index in [4.69, 9.17) is 5.11 Å². The van der Waals surface area contributed by atoms with Gasteiger partial charge >= 0.3 is 5.97 Å². The Morgan fingerprint density at radius 1 is 1.18 bits per heavy atom. The fraction of sp³-hybridized carbons (Fsp3) is 0.421. The summed E-state index contributed by atoms with van der Waals surface area (Å²) in [7, 11) is 0. The lowest BCUT2D eigenvalue weighted by atomic mass is 9.84. The molecule has 9 heteroatoms. The van der Waals surface area contributed by atoms with Crippen molar-refractivity contribution in [2.24, 2.45) is 5.92 Å². The van der Waals surface area contributed by atoms with Gasteiger partial charge in [0.2, 0.25) is 5.75 Å². The summed E-state index contributed by atoms with van der Waals surface area (Å²) >= 11 is 0. The largest absolute Gasteiger partial charge is 0.501 e.